The normalized spacial score (nSPS) is 9.70. The van der Waals surface area contributed by atoms with Crippen molar-refractivity contribution in [1.82, 2.24) is 10.6 Å². The summed E-state index contributed by atoms with van der Waals surface area (Å²) in [5.41, 5.74) is 0.885. The molecule has 0 spiro atoms. The molecule has 2 N–H and O–H groups in total. The van der Waals surface area contributed by atoms with Crippen LogP contribution in [0, 0.1) is 0 Å². The van der Waals surface area contributed by atoms with E-state index in [4.69, 9.17) is 9.47 Å². The van der Waals surface area contributed by atoms with E-state index in [-0.39, 0.29) is 25.0 Å². The number of para-hydroxylation sites is 1. The van der Waals surface area contributed by atoms with E-state index >= 15 is 0 Å². The first kappa shape index (κ1) is 15.8. The van der Waals surface area contributed by atoms with Crippen molar-refractivity contribution in [3.63, 3.8) is 0 Å². The largest absolute Gasteiger partial charge is 0.496 e. The first-order valence-corrected chi connectivity index (χ1v) is 6.46. The molecule has 1 rings (SSSR count). The molecule has 0 radical (unpaired) electrons. The SMILES string of the molecule is CCOC(=O)CCNC(=O)NCc1ccccc1OC. The number of hydrogen-bond acceptors (Lipinski definition) is 4. The minimum Gasteiger partial charge on any atom is -0.496 e. The van der Waals surface area contributed by atoms with Gasteiger partial charge in [-0.2, -0.15) is 0 Å². The molecule has 6 heteroatoms. The highest BCUT2D eigenvalue weighted by Crippen LogP contribution is 2.16. The molecular weight excluding hydrogens is 260 g/mol. The lowest BCUT2D eigenvalue weighted by Gasteiger charge is -2.10. The summed E-state index contributed by atoms with van der Waals surface area (Å²) < 4.78 is 9.94. The van der Waals surface area contributed by atoms with Gasteiger partial charge in [0.15, 0.2) is 0 Å². The highest BCUT2D eigenvalue weighted by atomic mass is 16.5. The van der Waals surface area contributed by atoms with Gasteiger partial charge in [-0.3, -0.25) is 4.79 Å². The molecule has 110 valence electrons. The van der Waals surface area contributed by atoms with Crippen LogP contribution in [0.3, 0.4) is 0 Å². The van der Waals surface area contributed by atoms with E-state index in [1.807, 2.05) is 24.3 Å². The molecule has 1 aromatic rings. The van der Waals surface area contributed by atoms with Crippen molar-refractivity contribution in [3.8, 4) is 5.75 Å². The predicted octanol–water partition coefficient (Wildman–Crippen LogP) is 1.45. The molecule has 0 aliphatic carbocycles. The summed E-state index contributed by atoms with van der Waals surface area (Å²) >= 11 is 0. The van der Waals surface area contributed by atoms with Crippen molar-refractivity contribution in [2.24, 2.45) is 0 Å². The fraction of sp³-hybridized carbons (Fsp3) is 0.429. The van der Waals surface area contributed by atoms with Gasteiger partial charge >= 0.3 is 12.0 Å². The molecule has 2 amide bonds. The number of esters is 1. The number of carbonyl (C=O) groups excluding carboxylic acids is 2. The monoisotopic (exact) mass is 280 g/mol. The molecule has 0 aliphatic rings. The number of methoxy groups -OCH3 is 1. The van der Waals surface area contributed by atoms with Crippen LogP contribution in [0.15, 0.2) is 24.3 Å². The van der Waals surface area contributed by atoms with Crippen molar-refractivity contribution < 1.29 is 19.1 Å². The average Bonchev–Trinajstić information content (AvgIpc) is 2.45. The lowest BCUT2D eigenvalue weighted by molar-refractivity contribution is -0.142. The lowest BCUT2D eigenvalue weighted by Crippen LogP contribution is -2.36. The smallest absolute Gasteiger partial charge is 0.315 e. The molecule has 0 bridgehead atoms. The molecule has 0 saturated carbocycles. The molecule has 1 aromatic carbocycles. The van der Waals surface area contributed by atoms with Gasteiger partial charge in [0.25, 0.3) is 0 Å². The van der Waals surface area contributed by atoms with E-state index in [1.165, 1.54) is 0 Å². The fourth-order valence-corrected chi connectivity index (χ4v) is 1.60. The Hall–Kier alpha value is -2.24. The van der Waals surface area contributed by atoms with Crippen molar-refractivity contribution >= 4 is 12.0 Å². The second kappa shape index (κ2) is 8.79. The predicted molar refractivity (Wildman–Crippen MR) is 74.5 cm³/mol. The zero-order chi connectivity index (χ0) is 14.8. The topological polar surface area (TPSA) is 76.7 Å². The number of carbonyl (C=O) groups is 2. The fourth-order valence-electron chi connectivity index (χ4n) is 1.60. The first-order valence-electron chi connectivity index (χ1n) is 6.46. The van der Waals surface area contributed by atoms with Crippen LogP contribution >= 0.6 is 0 Å². The summed E-state index contributed by atoms with van der Waals surface area (Å²) in [5, 5.41) is 5.29. The van der Waals surface area contributed by atoms with Gasteiger partial charge in [0.2, 0.25) is 0 Å². The first-order chi connectivity index (χ1) is 9.67. The van der Waals surface area contributed by atoms with Gasteiger partial charge < -0.3 is 20.1 Å². The molecule has 0 saturated heterocycles. The third-order valence-corrected chi connectivity index (χ3v) is 2.55. The van der Waals surface area contributed by atoms with Crippen LogP contribution in [-0.2, 0) is 16.1 Å². The van der Waals surface area contributed by atoms with Gasteiger partial charge in [-0.1, -0.05) is 18.2 Å². The van der Waals surface area contributed by atoms with Gasteiger partial charge in [-0.15, -0.1) is 0 Å². The number of urea groups is 1. The van der Waals surface area contributed by atoms with Crippen molar-refractivity contribution in [2.75, 3.05) is 20.3 Å². The quantitative estimate of drug-likeness (QED) is 0.741. The molecule has 0 aliphatic heterocycles. The Kier molecular flexibility index (Phi) is 6.95. The number of rotatable bonds is 7. The number of hydrogen-bond donors (Lipinski definition) is 2. The van der Waals surface area contributed by atoms with Crippen LogP contribution in [0.2, 0.25) is 0 Å². The Bertz CT molecular complexity index is 449. The summed E-state index contributed by atoms with van der Waals surface area (Å²) in [7, 11) is 1.58. The summed E-state index contributed by atoms with van der Waals surface area (Å²) in [6, 6.07) is 7.10. The van der Waals surface area contributed by atoms with Crippen LogP contribution in [-0.4, -0.2) is 32.3 Å². The number of benzene rings is 1. The molecular formula is C14H20N2O4. The summed E-state index contributed by atoms with van der Waals surface area (Å²) in [6.07, 6.45) is 0.163. The molecule has 0 atom stereocenters. The second-order valence-electron chi connectivity index (χ2n) is 3.98. The van der Waals surface area contributed by atoms with E-state index in [9.17, 15) is 9.59 Å². The van der Waals surface area contributed by atoms with Crippen LogP contribution in [0.25, 0.3) is 0 Å². The van der Waals surface area contributed by atoms with E-state index in [1.54, 1.807) is 14.0 Å². The van der Waals surface area contributed by atoms with E-state index < -0.39 is 0 Å². The Morgan fingerprint density at radius 3 is 2.65 bits per heavy atom. The average molecular weight is 280 g/mol. The minimum atomic E-state index is -0.333. The van der Waals surface area contributed by atoms with Gasteiger partial charge in [0.1, 0.15) is 5.75 Å². The highest BCUT2D eigenvalue weighted by Gasteiger charge is 2.06. The van der Waals surface area contributed by atoms with Gasteiger partial charge in [-0.05, 0) is 13.0 Å². The molecule has 0 fully saturated rings. The zero-order valence-corrected chi connectivity index (χ0v) is 11.8. The van der Waals surface area contributed by atoms with E-state index in [0.29, 0.717) is 13.2 Å². The van der Waals surface area contributed by atoms with E-state index in [0.717, 1.165) is 11.3 Å². The Balaban J connectivity index is 2.28. The number of ether oxygens (including phenoxy) is 2. The van der Waals surface area contributed by atoms with Gasteiger partial charge in [0.05, 0.1) is 20.1 Å². The maximum Gasteiger partial charge on any atom is 0.315 e. The third kappa shape index (κ3) is 5.60. The van der Waals surface area contributed by atoms with Crippen molar-refractivity contribution in [1.29, 1.82) is 0 Å². The molecule has 0 heterocycles. The van der Waals surface area contributed by atoms with Crippen LogP contribution in [0.4, 0.5) is 4.79 Å². The van der Waals surface area contributed by atoms with Gasteiger partial charge in [-0.25, -0.2) is 4.79 Å². The summed E-state index contributed by atoms with van der Waals surface area (Å²) in [4.78, 5) is 22.6. The summed E-state index contributed by atoms with van der Waals surface area (Å²) in [6.45, 7) is 2.69. The molecule has 6 nitrogen and oxygen atoms in total. The Labute approximate surface area is 118 Å². The maximum absolute atomic E-state index is 11.5. The number of amides is 2. The second-order valence-corrected chi connectivity index (χ2v) is 3.98. The Morgan fingerprint density at radius 1 is 1.20 bits per heavy atom. The summed E-state index contributed by atoms with van der Waals surface area (Å²) in [5.74, 6) is 0.400. The molecule has 0 aromatic heterocycles. The maximum atomic E-state index is 11.5. The zero-order valence-electron chi connectivity index (χ0n) is 11.8. The van der Waals surface area contributed by atoms with Gasteiger partial charge in [0, 0.05) is 18.7 Å². The van der Waals surface area contributed by atoms with Crippen LogP contribution in [0.5, 0.6) is 5.75 Å². The molecule has 20 heavy (non-hydrogen) atoms. The number of nitrogens with one attached hydrogen (secondary N) is 2. The van der Waals surface area contributed by atoms with Crippen LogP contribution in [0.1, 0.15) is 18.9 Å². The van der Waals surface area contributed by atoms with Crippen molar-refractivity contribution in [3.05, 3.63) is 29.8 Å². The van der Waals surface area contributed by atoms with E-state index in [2.05, 4.69) is 10.6 Å². The lowest BCUT2D eigenvalue weighted by atomic mass is 10.2. The Morgan fingerprint density at radius 2 is 1.95 bits per heavy atom. The molecule has 0 unspecified atom stereocenters. The minimum absolute atomic E-state index is 0.163. The van der Waals surface area contributed by atoms with Crippen LogP contribution < -0.4 is 15.4 Å². The standard InChI is InChI=1S/C14H20N2O4/c1-3-20-13(17)8-9-15-14(18)16-10-11-6-4-5-7-12(11)19-2/h4-7H,3,8-10H2,1-2H3,(H2,15,16,18). The van der Waals surface area contributed by atoms with Crippen molar-refractivity contribution in [2.45, 2.75) is 19.9 Å². The third-order valence-electron chi connectivity index (χ3n) is 2.55. The highest BCUT2D eigenvalue weighted by molar-refractivity contribution is 5.75.